The van der Waals surface area contributed by atoms with Gasteiger partial charge in [-0.15, -0.1) is 12.4 Å². The van der Waals surface area contributed by atoms with E-state index in [4.69, 9.17) is 0 Å². The number of nitro groups is 1. The third-order valence-electron chi connectivity index (χ3n) is 1.90. The lowest BCUT2D eigenvalue weighted by molar-refractivity contribution is -0.385. The quantitative estimate of drug-likeness (QED) is 0.621. The van der Waals surface area contributed by atoms with E-state index in [9.17, 15) is 14.9 Å². The minimum absolute atomic E-state index is 0. The lowest BCUT2D eigenvalue weighted by Gasteiger charge is -2.01. The molecule has 82 valence electrons. The summed E-state index contributed by atoms with van der Waals surface area (Å²) < 4.78 is 0. The number of nitrogens with one attached hydrogen (secondary N) is 1. The summed E-state index contributed by atoms with van der Waals surface area (Å²) in [5.41, 5.74) is 0.804. The summed E-state index contributed by atoms with van der Waals surface area (Å²) >= 11 is 0. The Kier molecular flexibility index (Phi) is 4.73. The Balaban J connectivity index is 0.00000196. The molecule has 0 spiro atoms. The molecule has 1 rings (SSSR count). The third kappa shape index (κ3) is 2.92. The zero-order valence-electron chi connectivity index (χ0n) is 8.31. The molecule has 0 aliphatic rings. The van der Waals surface area contributed by atoms with Crippen LogP contribution in [0.15, 0.2) is 18.2 Å². The second-order valence-corrected chi connectivity index (χ2v) is 2.84. The van der Waals surface area contributed by atoms with E-state index in [0.717, 1.165) is 0 Å². The zero-order valence-corrected chi connectivity index (χ0v) is 9.13. The van der Waals surface area contributed by atoms with E-state index in [1.807, 2.05) is 0 Å². The summed E-state index contributed by atoms with van der Waals surface area (Å²) in [7, 11) is 1.48. The zero-order chi connectivity index (χ0) is 10.7. The van der Waals surface area contributed by atoms with E-state index in [2.05, 4.69) is 5.32 Å². The van der Waals surface area contributed by atoms with E-state index in [-0.39, 0.29) is 24.0 Å². The first kappa shape index (κ1) is 13.4. The van der Waals surface area contributed by atoms with Gasteiger partial charge in [0.15, 0.2) is 0 Å². The number of nitro benzene ring substituents is 1. The molecule has 0 aliphatic heterocycles. The van der Waals surface area contributed by atoms with Crippen LogP contribution in [0.25, 0.3) is 0 Å². The number of hydrogen-bond donors (Lipinski definition) is 1. The number of nitrogens with zero attached hydrogens (tertiary/aromatic N) is 1. The van der Waals surface area contributed by atoms with Crippen molar-refractivity contribution in [1.82, 2.24) is 5.32 Å². The van der Waals surface area contributed by atoms with Crippen LogP contribution in [0.2, 0.25) is 0 Å². The molecule has 0 aliphatic carbocycles. The van der Waals surface area contributed by atoms with E-state index in [1.165, 1.54) is 13.1 Å². The largest absolute Gasteiger partial charge is 0.355 e. The van der Waals surface area contributed by atoms with Gasteiger partial charge in [0, 0.05) is 24.2 Å². The number of carbonyl (C=O) groups excluding carboxylic acids is 1. The highest BCUT2D eigenvalue weighted by atomic mass is 35.5. The van der Waals surface area contributed by atoms with Crippen molar-refractivity contribution in [3.63, 3.8) is 0 Å². The molecule has 0 aromatic heterocycles. The minimum Gasteiger partial charge on any atom is -0.355 e. The monoisotopic (exact) mass is 230 g/mol. The Morgan fingerprint density at radius 2 is 2.07 bits per heavy atom. The van der Waals surface area contributed by atoms with Gasteiger partial charge in [-0.1, -0.05) is 6.07 Å². The van der Waals surface area contributed by atoms with Crippen LogP contribution in [0, 0.1) is 17.0 Å². The SMILES string of the molecule is CNC(=O)c1ccc(C)c([N+](=O)[O-])c1.Cl. The highest BCUT2D eigenvalue weighted by molar-refractivity contribution is 5.94. The van der Waals surface area contributed by atoms with Gasteiger partial charge >= 0.3 is 0 Å². The number of amides is 1. The Morgan fingerprint density at radius 1 is 1.47 bits per heavy atom. The van der Waals surface area contributed by atoms with Crippen LogP contribution in [0.4, 0.5) is 5.69 Å². The van der Waals surface area contributed by atoms with E-state index in [1.54, 1.807) is 19.1 Å². The van der Waals surface area contributed by atoms with Gasteiger partial charge in [0.25, 0.3) is 11.6 Å². The van der Waals surface area contributed by atoms with Crippen molar-refractivity contribution >= 4 is 24.0 Å². The number of carbonyl (C=O) groups is 1. The normalized spacial score (nSPS) is 8.93. The maximum absolute atomic E-state index is 11.2. The van der Waals surface area contributed by atoms with Gasteiger partial charge in [-0.2, -0.15) is 0 Å². The Labute approximate surface area is 93.0 Å². The van der Waals surface area contributed by atoms with Crippen molar-refractivity contribution in [1.29, 1.82) is 0 Å². The number of aryl methyl sites for hydroxylation is 1. The van der Waals surface area contributed by atoms with Crippen LogP contribution in [0.3, 0.4) is 0 Å². The molecule has 1 amide bonds. The topological polar surface area (TPSA) is 72.2 Å². The first-order chi connectivity index (χ1) is 6.56. The molecule has 1 aromatic rings. The van der Waals surface area contributed by atoms with Crippen molar-refractivity contribution in [2.45, 2.75) is 6.92 Å². The van der Waals surface area contributed by atoms with Gasteiger partial charge in [0.2, 0.25) is 0 Å². The second kappa shape index (κ2) is 5.31. The Morgan fingerprint density at radius 3 is 2.53 bits per heavy atom. The van der Waals surface area contributed by atoms with E-state index in [0.29, 0.717) is 11.1 Å². The van der Waals surface area contributed by atoms with E-state index < -0.39 is 4.92 Å². The van der Waals surface area contributed by atoms with Crippen molar-refractivity contribution in [2.24, 2.45) is 0 Å². The average Bonchev–Trinajstić information content (AvgIpc) is 2.17. The fourth-order valence-corrected chi connectivity index (χ4v) is 1.09. The predicted molar refractivity (Wildman–Crippen MR) is 58.5 cm³/mol. The van der Waals surface area contributed by atoms with Gasteiger partial charge in [0.1, 0.15) is 0 Å². The van der Waals surface area contributed by atoms with Gasteiger partial charge in [-0.3, -0.25) is 14.9 Å². The van der Waals surface area contributed by atoms with Crippen molar-refractivity contribution in [3.05, 3.63) is 39.4 Å². The fourth-order valence-electron chi connectivity index (χ4n) is 1.09. The summed E-state index contributed by atoms with van der Waals surface area (Å²) in [5.74, 6) is -0.326. The maximum atomic E-state index is 11.2. The first-order valence-electron chi connectivity index (χ1n) is 4.03. The number of hydrogen-bond acceptors (Lipinski definition) is 3. The molecule has 0 radical (unpaired) electrons. The van der Waals surface area contributed by atoms with Crippen LogP contribution in [-0.4, -0.2) is 17.9 Å². The molecule has 0 saturated carbocycles. The molecule has 0 saturated heterocycles. The summed E-state index contributed by atoms with van der Waals surface area (Å²) in [4.78, 5) is 21.2. The van der Waals surface area contributed by atoms with Gasteiger partial charge in [0.05, 0.1) is 4.92 Å². The summed E-state index contributed by atoms with van der Waals surface area (Å²) in [6.07, 6.45) is 0. The smallest absolute Gasteiger partial charge is 0.273 e. The molecule has 5 nitrogen and oxygen atoms in total. The first-order valence-corrected chi connectivity index (χ1v) is 4.03. The molecule has 0 bridgehead atoms. The Bertz CT molecular complexity index is 393. The van der Waals surface area contributed by atoms with Crippen molar-refractivity contribution in [2.75, 3.05) is 7.05 Å². The summed E-state index contributed by atoms with van der Waals surface area (Å²) in [6, 6.07) is 4.39. The van der Waals surface area contributed by atoms with Crippen molar-refractivity contribution in [3.8, 4) is 0 Å². The highest BCUT2D eigenvalue weighted by Gasteiger charge is 2.13. The van der Waals surface area contributed by atoms with Gasteiger partial charge in [-0.05, 0) is 13.0 Å². The van der Waals surface area contributed by atoms with Gasteiger partial charge < -0.3 is 5.32 Å². The second-order valence-electron chi connectivity index (χ2n) is 2.84. The van der Waals surface area contributed by atoms with E-state index >= 15 is 0 Å². The molecule has 0 atom stereocenters. The van der Waals surface area contributed by atoms with Gasteiger partial charge in [-0.25, -0.2) is 0 Å². The number of benzene rings is 1. The maximum Gasteiger partial charge on any atom is 0.273 e. The number of rotatable bonds is 2. The highest BCUT2D eigenvalue weighted by Crippen LogP contribution is 2.18. The molecule has 0 fully saturated rings. The molecule has 1 N–H and O–H groups in total. The molecular weight excluding hydrogens is 220 g/mol. The standard InChI is InChI=1S/C9H10N2O3.ClH/c1-6-3-4-7(9(12)10-2)5-8(6)11(13)14;/h3-5H,1-2H3,(H,10,12);1H. The average molecular weight is 231 g/mol. The molecular formula is C9H11ClN2O3. The van der Waals surface area contributed by atoms with Crippen LogP contribution < -0.4 is 5.32 Å². The van der Waals surface area contributed by atoms with Crippen LogP contribution in [-0.2, 0) is 0 Å². The number of halogens is 1. The van der Waals surface area contributed by atoms with Crippen LogP contribution in [0.1, 0.15) is 15.9 Å². The van der Waals surface area contributed by atoms with Crippen molar-refractivity contribution < 1.29 is 9.72 Å². The Hall–Kier alpha value is -1.62. The molecule has 0 heterocycles. The lowest BCUT2D eigenvalue weighted by atomic mass is 10.1. The molecule has 1 aromatic carbocycles. The summed E-state index contributed by atoms with van der Waals surface area (Å²) in [6.45, 7) is 1.63. The molecule has 15 heavy (non-hydrogen) atoms. The van der Waals surface area contributed by atoms with Crippen LogP contribution in [0.5, 0.6) is 0 Å². The third-order valence-corrected chi connectivity index (χ3v) is 1.90. The van der Waals surface area contributed by atoms with Crippen LogP contribution >= 0.6 is 12.4 Å². The lowest BCUT2D eigenvalue weighted by Crippen LogP contribution is -2.17. The molecule has 0 unspecified atom stereocenters. The summed E-state index contributed by atoms with van der Waals surface area (Å²) in [5, 5.41) is 13.0. The predicted octanol–water partition coefficient (Wildman–Crippen LogP) is 1.68. The fraction of sp³-hybridized carbons (Fsp3) is 0.222. The minimum atomic E-state index is -0.498. The molecule has 6 heteroatoms.